The first kappa shape index (κ1) is 25.5. The monoisotopic (exact) mass is 499 g/mol. The summed E-state index contributed by atoms with van der Waals surface area (Å²) in [5, 5.41) is 9.23. The molecule has 0 aromatic carbocycles. The lowest BCUT2D eigenvalue weighted by molar-refractivity contribution is -0.155. The predicted molar refractivity (Wildman–Crippen MR) is 135 cm³/mol. The van der Waals surface area contributed by atoms with Gasteiger partial charge in [0, 0.05) is 39.3 Å². The molecule has 2 saturated heterocycles. The molecule has 1 N–H and O–H groups in total. The van der Waals surface area contributed by atoms with Gasteiger partial charge in [-0.1, -0.05) is 50.5 Å². The minimum atomic E-state index is -1.16. The number of likely N-dealkylation sites (N-methyl/N-ethyl adjacent to an activating group) is 1. The number of unbranched alkanes of at least 4 members (excludes halogenated alkanes) is 2. The zero-order valence-corrected chi connectivity index (χ0v) is 21.7. The Morgan fingerprint density at radius 1 is 0.944 bits per heavy atom. The van der Waals surface area contributed by atoms with E-state index in [2.05, 4.69) is 0 Å². The molecule has 1 unspecified atom stereocenters. The molecule has 198 valence electrons. The Bertz CT molecular complexity index is 943. The van der Waals surface area contributed by atoms with E-state index in [0.29, 0.717) is 38.9 Å². The van der Waals surface area contributed by atoms with Crippen LogP contribution >= 0.6 is 0 Å². The van der Waals surface area contributed by atoms with Crippen molar-refractivity contribution in [2.45, 2.75) is 88.0 Å². The fourth-order valence-electron chi connectivity index (χ4n) is 7.43. The van der Waals surface area contributed by atoms with Crippen LogP contribution in [0.2, 0.25) is 0 Å². The molecule has 0 radical (unpaired) electrons. The smallest absolute Gasteiger partial charge is 0.249 e. The van der Waals surface area contributed by atoms with E-state index < -0.39 is 29.1 Å². The summed E-state index contributed by atoms with van der Waals surface area (Å²) in [6, 6.07) is -0.595. The first-order valence-electron chi connectivity index (χ1n) is 13.9. The highest BCUT2D eigenvalue weighted by molar-refractivity contribution is 6.00. The SMILES string of the molecule is CC[C@@]12C=CCN(C)C(=O)[C@@H]1[C@H]1C(=O)N(CCCCCO)C3C(=O)N(C4CCCCC4)CC=C[C@@]31O2. The van der Waals surface area contributed by atoms with Crippen LogP contribution in [0, 0.1) is 11.8 Å². The standard InChI is InChI=1S/C28H41N3O5/c1-3-27-14-10-16-29(2)24(33)21(27)22-25(34)31(17-8-5-9-19-32)23-26(35)30(20-12-6-4-7-13-20)18-11-15-28(22,23)36-27/h10-11,14-15,20-23,32H,3-9,12-13,16-19H2,1-2H3/t21-,22-,23?,27+,28-/m0/s1. The molecule has 3 amide bonds. The lowest BCUT2D eigenvalue weighted by Gasteiger charge is -2.40. The molecule has 8 heteroatoms. The summed E-state index contributed by atoms with van der Waals surface area (Å²) >= 11 is 0. The maximum absolute atomic E-state index is 14.4. The zero-order chi connectivity index (χ0) is 25.5. The summed E-state index contributed by atoms with van der Waals surface area (Å²) in [4.78, 5) is 47.7. The average molecular weight is 500 g/mol. The Balaban J connectivity index is 1.58. The Labute approximate surface area is 214 Å². The molecule has 1 saturated carbocycles. The minimum Gasteiger partial charge on any atom is -0.396 e. The second kappa shape index (κ2) is 9.93. The second-order valence-corrected chi connectivity index (χ2v) is 11.2. The predicted octanol–water partition coefficient (Wildman–Crippen LogP) is 2.27. The van der Waals surface area contributed by atoms with Crippen molar-refractivity contribution >= 4 is 17.7 Å². The molecule has 36 heavy (non-hydrogen) atoms. The molecule has 5 aliphatic rings. The third-order valence-electron chi connectivity index (χ3n) is 9.24. The van der Waals surface area contributed by atoms with Crippen LogP contribution in [0.1, 0.15) is 64.7 Å². The minimum absolute atomic E-state index is 0.0441. The molecule has 1 spiro atoms. The topological polar surface area (TPSA) is 90.4 Å². The van der Waals surface area contributed by atoms with E-state index in [1.54, 1.807) is 16.8 Å². The quantitative estimate of drug-likeness (QED) is 0.429. The molecule has 8 nitrogen and oxygen atoms in total. The number of likely N-dealkylation sites (tertiary alicyclic amines) is 1. The highest BCUT2D eigenvalue weighted by Gasteiger charge is 2.75. The summed E-state index contributed by atoms with van der Waals surface area (Å²) in [5.74, 6) is -1.68. The number of hydrogen-bond acceptors (Lipinski definition) is 5. The van der Waals surface area contributed by atoms with Gasteiger partial charge >= 0.3 is 0 Å². The van der Waals surface area contributed by atoms with E-state index in [1.807, 2.05) is 36.1 Å². The van der Waals surface area contributed by atoms with Gasteiger partial charge < -0.3 is 24.5 Å². The van der Waals surface area contributed by atoms with E-state index in [0.717, 1.165) is 32.1 Å². The fraction of sp³-hybridized carbons (Fsp3) is 0.750. The van der Waals surface area contributed by atoms with Gasteiger partial charge in [0.15, 0.2) is 0 Å². The molecule has 4 heterocycles. The van der Waals surface area contributed by atoms with Crippen LogP contribution in [-0.4, -0.2) is 94.1 Å². The molecule has 5 rings (SSSR count). The van der Waals surface area contributed by atoms with Crippen molar-refractivity contribution in [1.29, 1.82) is 0 Å². The third kappa shape index (κ3) is 3.83. The number of hydrogen-bond donors (Lipinski definition) is 1. The lowest BCUT2D eigenvalue weighted by Crippen LogP contribution is -2.57. The van der Waals surface area contributed by atoms with E-state index >= 15 is 0 Å². The molecule has 3 fully saturated rings. The Kier molecular flexibility index (Phi) is 7.03. The van der Waals surface area contributed by atoms with Gasteiger partial charge in [-0.25, -0.2) is 0 Å². The van der Waals surface area contributed by atoms with Crippen LogP contribution in [0.25, 0.3) is 0 Å². The maximum atomic E-state index is 14.4. The van der Waals surface area contributed by atoms with Crippen LogP contribution in [-0.2, 0) is 19.1 Å². The third-order valence-corrected chi connectivity index (χ3v) is 9.24. The number of aliphatic hydroxyl groups is 1. The van der Waals surface area contributed by atoms with Gasteiger partial charge in [0.2, 0.25) is 17.7 Å². The number of amides is 3. The molecule has 0 aromatic heterocycles. The summed E-state index contributed by atoms with van der Waals surface area (Å²) in [7, 11) is 1.77. The molecular formula is C28H41N3O5. The van der Waals surface area contributed by atoms with Crippen LogP contribution in [0.4, 0.5) is 0 Å². The van der Waals surface area contributed by atoms with E-state index in [1.165, 1.54) is 6.42 Å². The van der Waals surface area contributed by atoms with Crippen molar-refractivity contribution < 1.29 is 24.2 Å². The van der Waals surface area contributed by atoms with E-state index in [-0.39, 0.29) is 30.4 Å². The second-order valence-electron chi connectivity index (χ2n) is 11.2. The van der Waals surface area contributed by atoms with Gasteiger partial charge in [0.25, 0.3) is 0 Å². The number of aliphatic hydroxyl groups excluding tert-OH is 1. The van der Waals surface area contributed by atoms with Crippen molar-refractivity contribution in [3.8, 4) is 0 Å². The van der Waals surface area contributed by atoms with Crippen LogP contribution < -0.4 is 0 Å². The van der Waals surface area contributed by atoms with Gasteiger partial charge in [-0.15, -0.1) is 0 Å². The molecular weight excluding hydrogens is 458 g/mol. The van der Waals surface area contributed by atoms with Gasteiger partial charge in [0.1, 0.15) is 11.6 Å². The van der Waals surface area contributed by atoms with Crippen molar-refractivity contribution in [1.82, 2.24) is 14.7 Å². The van der Waals surface area contributed by atoms with Crippen LogP contribution in [0.15, 0.2) is 24.3 Å². The average Bonchev–Trinajstić information content (AvgIpc) is 3.18. The van der Waals surface area contributed by atoms with Gasteiger partial charge in [0.05, 0.1) is 17.4 Å². The molecule has 0 aromatic rings. The summed E-state index contributed by atoms with van der Waals surface area (Å²) in [6.07, 6.45) is 16.0. The number of rotatable bonds is 7. The normalized spacial score (nSPS) is 36.7. The first-order chi connectivity index (χ1) is 17.4. The van der Waals surface area contributed by atoms with Crippen molar-refractivity contribution in [3.63, 3.8) is 0 Å². The van der Waals surface area contributed by atoms with E-state index in [4.69, 9.17) is 4.74 Å². The Hall–Kier alpha value is -2.19. The summed E-state index contributed by atoms with van der Waals surface area (Å²) in [5.41, 5.74) is -2.07. The van der Waals surface area contributed by atoms with Crippen LogP contribution in [0.3, 0.4) is 0 Å². The number of ether oxygens (including phenoxy) is 1. The number of nitrogens with zero attached hydrogens (tertiary/aromatic N) is 3. The van der Waals surface area contributed by atoms with Gasteiger partial charge in [-0.05, 0) is 38.5 Å². The largest absolute Gasteiger partial charge is 0.396 e. The fourth-order valence-corrected chi connectivity index (χ4v) is 7.43. The highest BCUT2D eigenvalue weighted by atomic mass is 16.5. The number of carbonyl (C=O) groups excluding carboxylic acids is 3. The maximum Gasteiger partial charge on any atom is 0.249 e. The van der Waals surface area contributed by atoms with Crippen molar-refractivity contribution in [2.24, 2.45) is 11.8 Å². The number of carbonyl (C=O) groups is 3. The summed E-state index contributed by atoms with van der Waals surface area (Å²) in [6.45, 7) is 3.52. The van der Waals surface area contributed by atoms with E-state index in [9.17, 15) is 19.5 Å². The molecule has 4 aliphatic heterocycles. The van der Waals surface area contributed by atoms with Gasteiger partial charge in [-0.2, -0.15) is 0 Å². The molecule has 1 aliphatic carbocycles. The first-order valence-corrected chi connectivity index (χ1v) is 13.9. The number of fused-ring (bicyclic) bond motifs is 2. The lowest BCUT2D eigenvalue weighted by atomic mass is 9.73. The Morgan fingerprint density at radius 3 is 2.42 bits per heavy atom. The molecule has 0 bridgehead atoms. The highest BCUT2D eigenvalue weighted by Crippen LogP contribution is 2.58. The van der Waals surface area contributed by atoms with Crippen molar-refractivity contribution in [3.05, 3.63) is 24.3 Å². The van der Waals surface area contributed by atoms with Crippen LogP contribution in [0.5, 0.6) is 0 Å². The zero-order valence-electron chi connectivity index (χ0n) is 21.7. The van der Waals surface area contributed by atoms with Gasteiger partial charge in [-0.3, -0.25) is 14.4 Å². The molecule has 5 atom stereocenters. The van der Waals surface area contributed by atoms with Crippen molar-refractivity contribution in [2.75, 3.05) is 33.3 Å². The Morgan fingerprint density at radius 2 is 1.69 bits per heavy atom. The summed E-state index contributed by atoms with van der Waals surface area (Å²) < 4.78 is 6.96.